The molecule has 2 rings (SSSR count). The minimum atomic E-state index is -0.508. The van der Waals surface area contributed by atoms with Crippen molar-refractivity contribution in [3.63, 3.8) is 0 Å². The maximum atomic E-state index is 12.4. The first-order valence-corrected chi connectivity index (χ1v) is 7.62. The summed E-state index contributed by atoms with van der Waals surface area (Å²) in [6, 6.07) is 7.54. The zero-order valence-corrected chi connectivity index (χ0v) is 13.6. The van der Waals surface area contributed by atoms with Gasteiger partial charge in [-0.15, -0.1) is 0 Å². The Balaban J connectivity index is 2.00. The molecular formula is C15H20BrNO3. The van der Waals surface area contributed by atoms with Gasteiger partial charge in [0.05, 0.1) is 16.7 Å². The van der Waals surface area contributed by atoms with E-state index in [-0.39, 0.29) is 18.1 Å². The van der Waals surface area contributed by atoms with Gasteiger partial charge in [-0.05, 0) is 48.8 Å². The van der Waals surface area contributed by atoms with Crippen molar-refractivity contribution in [2.45, 2.75) is 39.1 Å². The van der Waals surface area contributed by atoms with E-state index in [4.69, 9.17) is 9.47 Å². The molecule has 20 heavy (non-hydrogen) atoms. The van der Waals surface area contributed by atoms with Gasteiger partial charge in [0.2, 0.25) is 0 Å². The zero-order valence-electron chi connectivity index (χ0n) is 12.0. The fraction of sp³-hybridized carbons (Fsp3) is 0.533. The van der Waals surface area contributed by atoms with Crippen LogP contribution in [-0.4, -0.2) is 42.2 Å². The van der Waals surface area contributed by atoms with E-state index in [0.29, 0.717) is 18.8 Å². The monoisotopic (exact) mass is 341 g/mol. The Morgan fingerprint density at radius 2 is 1.95 bits per heavy atom. The lowest BCUT2D eigenvalue weighted by Gasteiger charge is -2.36. The van der Waals surface area contributed by atoms with E-state index < -0.39 is 6.10 Å². The van der Waals surface area contributed by atoms with Gasteiger partial charge in [0.1, 0.15) is 5.75 Å². The maximum absolute atomic E-state index is 12.4. The summed E-state index contributed by atoms with van der Waals surface area (Å²) < 4.78 is 12.2. The molecule has 1 aliphatic heterocycles. The van der Waals surface area contributed by atoms with Crippen LogP contribution in [0.15, 0.2) is 28.7 Å². The molecule has 1 amide bonds. The number of morpholine rings is 1. The molecule has 3 unspecified atom stereocenters. The van der Waals surface area contributed by atoms with E-state index in [0.717, 1.165) is 4.47 Å². The Bertz CT molecular complexity index is 470. The standard InChI is InChI=1S/C15H20BrNO3/c1-10-8-17(9-11(2)19-10)15(18)12(3)20-14-7-5-4-6-13(14)16/h4-7,10-12H,8-9H2,1-3H3. The average molecular weight is 342 g/mol. The quantitative estimate of drug-likeness (QED) is 0.848. The van der Waals surface area contributed by atoms with Crippen molar-refractivity contribution in [3.8, 4) is 5.75 Å². The van der Waals surface area contributed by atoms with E-state index in [2.05, 4.69) is 15.9 Å². The van der Waals surface area contributed by atoms with Gasteiger partial charge in [0, 0.05) is 13.1 Å². The Kier molecular flexibility index (Phi) is 5.05. The van der Waals surface area contributed by atoms with Gasteiger partial charge in [-0.2, -0.15) is 0 Å². The minimum absolute atomic E-state index is 0.00255. The summed E-state index contributed by atoms with van der Waals surface area (Å²) in [7, 11) is 0. The molecule has 1 aromatic rings. The van der Waals surface area contributed by atoms with Crippen LogP contribution in [0.5, 0.6) is 5.75 Å². The van der Waals surface area contributed by atoms with Crippen LogP contribution in [0.25, 0.3) is 0 Å². The molecule has 1 saturated heterocycles. The van der Waals surface area contributed by atoms with Crippen LogP contribution < -0.4 is 4.74 Å². The number of ether oxygens (including phenoxy) is 2. The van der Waals surface area contributed by atoms with E-state index in [9.17, 15) is 4.79 Å². The van der Waals surface area contributed by atoms with Crippen LogP contribution in [0.3, 0.4) is 0 Å². The summed E-state index contributed by atoms with van der Waals surface area (Å²) in [6.07, 6.45) is -0.372. The zero-order chi connectivity index (χ0) is 14.7. The van der Waals surface area contributed by atoms with Crippen molar-refractivity contribution in [1.29, 1.82) is 0 Å². The number of para-hydroxylation sites is 1. The van der Waals surface area contributed by atoms with E-state index in [1.54, 1.807) is 6.92 Å². The second-order valence-electron chi connectivity index (χ2n) is 5.19. The van der Waals surface area contributed by atoms with Crippen LogP contribution in [0.2, 0.25) is 0 Å². The SMILES string of the molecule is CC1CN(C(=O)C(C)Oc2ccccc2Br)CC(C)O1. The number of benzene rings is 1. The highest BCUT2D eigenvalue weighted by Crippen LogP contribution is 2.25. The van der Waals surface area contributed by atoms with E-state index >= 15 is 0 Å². The lowest BCUT2D eigenvalue weighted by atomic mass is 10.2. The summed E-state index contributed by atoms with van der Waals surface area (Å²) in [5, 5.41) is 0. The first-order valence-electron chi connectivity index (χ1n) is 6.82. The van der Waals surface area contributed by atoms with Gasteiger partial charge >= 0.3 is 0 Å². The molecule has 0 saturated carbocycles. The van der Waals surface area contributed by atoms with Gasteiger partial charge in [0.25, 0.3) is 5.91 Å². The lowest BCUT2D eigenvalue weighted by molar-refractivity contribution is -0.149. The smallest absolute Gasteiger partial charge is 0.263 e. The molecule has 5 heteroatoms. The molecule has 0 spiro atoms. The summed E-state index contributed by atoms with van der Waals surface area (Å²) >= 11 is 3.42. The first-order chi connectivity index (χ1) is 9.47. The largest absolute Gasteiger partial charge is 0.480 e. The lowest BCUT2D eigenvalue weighted by Crippen LogP contribution is -2.51. The topological polar surface area (TPSA) is 38.8 Å². The molecule has 1 fully saturated rings. The van der Waals surface area contributed by atoms with Crippen molar-refractivity contribution < 1.29 is 14.3 Å². The number of carbonyl (C=O) groups is 1. The Hall–Kier alpha value is -1.07. The van der Waals surface area contributed by atoms with Crippen LogP contribution in [0.4, 0.5) is 0 Å². The molecule has 110 valence electrons. The van der Waals surface area contributed by atoms with Crippen molar-refractivity contribution in [1.82, 2.24) is 4.90 Å². The Morgan fingerprint density at radius 1 is 1.35 bits per heavy atom. The normalized spacial score (nSPS) is 24.3. The van der Waals surface area contributed by atoms with Gasteiger partial charge in [-0.1, -0.05) is 12.1 Å². The van der Waals surface area contributed by atoms with Gasteiger partial charge in [0.15, 0.2) is 6.10 Å². The third-order valence-corrected chi connectivity index (χ3v) is 3.87. The van der Waals surface area contributed by atoms with Crippen molar-refractivity contribution >= 4 is 21.8 Å². The van der Waals surface area contributed by atoms with E-state index in [1.165, 1.54) is 0 Å². The highest BCUT2D eigenvalue weighted by atomic mass is 79.9. The number of nitrogens with zero attached hydrogens (tertiary/aromatic N) is 1. The van der Waals surface area contributed by atoms with Crippen molar-refractivity contribution in [2.75, 3.05) is 13.1 Å². The van der Waals surface area contributed by atoms with Crippen molar-refractivity contribution in [3.05, 3.63) is 28.7 Å². The second kappa shape index (κ2) is 6.59. The molecule has 0 aliphatic carbocycles. The molecule has 1 aromatic carbocycles. The molecule has 0 N–H and O–H groups in total. The van der Waals surface area contributed by atoms with Crippen LogP contribution in [-0.2, 0) is 9.53 Å². The fourth-order valence-electron chi connectivity index (χ4n) is 2.40. The number of rotatable bonds is 3. The highest BCUT2D eigenvalue weighted by molar-refractivity contribution is 9.10. The Labute approximate surface area is 128 Å². The summed E-state index contributed by atoms with van der Waals surface area (Å²) in [5.41, 5.74) is 0. The molecule has 1 aliphatic rings. The summed E-state index contributed by atoms with van der Waals surface area (Å²) in [5.74, 6) is 0.686. The van der Waals surface area contributed by atoms with Crippen LogP contribution in [0, 0.1) is 0 Å². The van der Waals surface area contributed by atoms with E-state index in [1.807, 2.05) is 43.0 Å². The third kappa shape index (κ3) is 3.73. The predicted molar refractivity (Wildman–Crippen MR) is 80.8 cm³/mol. The predicted octanol–water partition coefficient (Wildman–Crippen LogP) is 2.85. The summed E-state index contributed by atoms with van der Waals surface area (Å²) in [6.45, 7) is 6.98. The number of carbonyl (C=O) groups excluding carboxylic acids is 1. The average Bonchev–Trinajstić information content (AvgIpc) is 2.39. The van der Waals surface area contributed by atoms with Gasteiger partial charge in [-0.25, -0.2) is 0 Å². The maximum Gasteiger partial charge on any atom is 0.263 e. The fourth-order valence-corrected chi connectivity index (χ4v) is 2.77. The highest BCUT2D eigenvalue weighted by Gasteiger charge is 2.29. The molecular weight excluding hydrogens is 322 g/mol. The third-order valence-electron chi connectivity index (χ3n) is 3.22. The molecule has 0 bridgehead atoms. The first kappa shape index (κ1) is 15.3. The molecule has 4 nitrogen and oxygen atoms in total. The van der Waals surface area contributed by atoms with Gasteiger partial charge in [-0.3, -0.25) is 4.79 Å². The summed E-state index contributed by atoms with van der Waals surface area (Å²) in [4.78, 5) is 14.3. The number of amides is 1. The van der Waals surface area contributed by atoms with Crippen LogP contribution >= 0.6 is 15.9 Å². The number of halogens is 1. The number of hydrogen-bond donors (Lipinski definition) is 0. The molecule has 3 atom stereocenters. The van der Waals surface area contributed by atoms with Gasteiger partial charge < -0.3 is 14.4 Å². The molecule has 1 heterocycles. The van der Waals surface area contributed by atoms with Crippen molar-refractivity contribution in [2.24, 2.45) is 0 Å². The number of hydrogen-bond acceptors (Lipinski definition) is 3. The molecule has 0 radical (unpaired) electrons. The second-order valence-corrected chi connectivity index (χ2v) is 6.05. The minimum Gasteiger partial charge on any atom is -0.480 e. The Morgan fingerprint density at radius 3 is 2.55 bits per heavy atom. The van der Waals surface area contributed by atoms with Crippen LogP contribution in [0.1, 0.15) is 20.8 Å². The molecule has 0 aromatic heterocycles.